The van der Waals surface area contributed by atoms with Gasteiger partial charge in [-0.05, 0) is 62.4 Å². The fourth-order valence-electron chi connectivity index (χ4n) is 3.66. The van der Waals surface area contributed by atoms with Gasteiger partial charge in [-0.2, -0.15) is 0 Å². The maximum atomic E-state index is 10.7. The van der Waals surface area contributed by atoms with Crippen molar-refractivity contribution in [3.63, 3.8) is 0 Å². The second kappa shape index (κ2) is 6.89. The lowest BCUT2D eigenvalue weighted by atomic mass is 10.2. The summed E-state index contributed by atoms with van der Waals surface area (Å²) in [4.78, 5) is 0. The molecule has 0 saturated carbocycles. The van der Waals surface area contributed by atoms with E-state index in [0.29, 0.717) is 26.3 Å². The first-order chi connectivity index (χ1) is 12.6. The highest BCUT2D eigenvalue weighted by molar-refractivity contribution is 14.1. The summed E-state index contributed by atoms with van der Waals surface area (Å²) in [5, 5.41) is 14.6. The number of phenols is 1. The average Bonchev–Trinajstić information content (AvgIpc) is 3.20. The zero-order valence-electron chi connectivity index (χ0n) is 16.0. The molecule has 3 aliphatic heterocycles. The van der Waals surface area contributed by atoms with E-state index in [1.807, 2.05) is 49.8 Å². The largest absolute Gasteiger partial charge is 0.505 e. The number of anilines is 2. The van der Waals surface area contributed by atoms with Gasteiger partial charge in [-0.1, -0.05) is 0 Å². The van der Waals surface area contributed by atoms with Crippen molar-refractivity contribution in [3.8, 4) is 5.75 Å². The van der Waals surface area contributed by atoms with Crippen molar-refractivity contribution in [2.24, 2.45) is 0 Å². The van der Waals surface area contributed by atoms with Crippen LogP contribution >= 0.6 is 22.6 Å². The van der Waals surface area contributed by atoms with Gasteiger partial charge in [-0.15, -0.1) is 5.53 Å². The second-order valence-corrected chi connectivity index (χ2v) is 9.15. The van der Waals surface area contributed by atoms with E-state index < -0.39 is 11.6 Å². The first kappa shape index (κ1) is 19.5. The molecule has 0 aromatic heterocycles. The van der Waals surface area contributed by atoms with Crippen LogP contribution in [0.5, 0.6) is 5.75 Å². The number of hydrogen-bond acceptors (Lipinski definition) is 8. The summed E-state index contributed by atoms with van der Waals surface area (Å²) in [6, 6.07) is 3.90. The molecule has 4 rings (SSSR count). The lowest BCUT2D eigenvalue weighted by molar-refractivity contribution is -0.137. The molecule has 0 radical (unpaired) electrons. The van der Waals surface area contributed by atoms with Crippen LogP contribution in [0.2, 0.25) is 0 Å². The highest BCUT2D eigenvalue weighted by atomic mass is 127. The Morgan fingerprint density at radius 1 is 1.04 bits per heavy atom. The number of phenolic OH excluding ortho intramolecular Hbond substituents is 1. The highest BCUT2D eigenvalue weighted by Crippen LogP contribution is 2.44. The first-order valence-electron chi connectivity index (χ1n) is 9.10. The Labute approximate surface area is 172 Å². The molecule has 0 spiro atoms. The van der Waals surface area contributed by atoms with Crippen molar-refractivity contribution in [3.05, 3.63) is 15.7 Å². The zero-order valence-corrected chi connectivity index (χ0v) is 18.1. The van der Waals surface area contributed by atoms with Crippen molar-refractivity contribution in [2.45, 2.75) is 51.5 Å². The van der Waals surface area contributed by atoms with Gasteiger partial charge in [-0.3, -0.25) is 10.0 Å². The molecule has 8 nitrogen and oxygen atoms in total. The minimum absolute atomic E-state index is 0.0632. The maximum absolute atomic E-state index is 10.7. The van der Waals surface area contributed by atoms with E-state index in [1.165, 1.54) is 0 Å². The van der Waals surface area contributed by atoms with Gasteiger partial charge in [0, 0.05) is 0 Å². The molecule has 0 aliphatic carbocycles. The smallest absolute Gasteiger partial charge is 0.163 e. The topological polar surface area (TPSA) is 75.7 Å². The van der Waals surface area contributed by atoms with Crippen molar-refractivity contribution < 1.29 is 24.1 Å². The molecule has 1 aromatic carbocycles. The Kier molecular flexibility index (Phi) is 4.97. The van der Waals surface area contributed by atoms with Crippen LogP contribution in [0.3, 0.4) is 0 Å². The van der Waals surface area contributed by atoms with Gasteiger partial charge >= 0.3 is 0 Å². The number of fused-ring (bicyclic) bond motifs is 1. The third-order valence-electron chi connectivity index (χ3n) is 4.79. The van der Waals surface area contributed by atoms with Gasteiger partial charge in [0.15, 0.2) is 17.3 Å². The number of nitrogens with zero attached hydrogens (tertiary/aromatic N) is 2. The molecule has 1 aromatic rings. The molecule has 0 bridgehead atoms. The van der Waals surface area contributed by atoms with Crippen LogP contribution in [0.15, 0.2) is 12.1 Å². The number of rotatable bonds is 4. The number of hydrazine groups is 2. The van der Waals surface area contributed by atoms with Gasteiger partial charge in [0.2, 0.25) is 0 Å². The Morgan fingerprint density at radius 2 is 1.59 bits per heavy atom. The van der Waals surface area contributed by atoms with E-state index in [4.69, 9.17) is 18.9 Å². The Hall–Kier alpha value is -0.850. The predicted octanol–water partition coefficient (Wildman–Crippen LogP) is 2.35. The van der Waals surface area contributed by atoms with E-state index in [0.717, 1.165) is 14.9 Å². The predicted molar refractivity (Wildman–Crippen MR) is 108 cm³/mol. The van der Waals surface area contributed by atoms with Crippen LogP contribution in [0.4, 0.5) is 11.4 Å². The normalized spacial score (nSPS) is 28.8. The standard InChI is InChI=1S/C18H26IN3O5/c1-17(2)24-9-11(26-17)7-21-14-6-5-13(19)16(23)15(14)22(20-21)8-12-10-25-18(3,4)27-12/h5-6,11-12,20,23H,7-10H2,1-4H3. The Bertz CT molecular complexity index is 729. The minimum Gasteiger partial charge on any atom is -0.505 e. The summed E-state index contributed by atoms with van der Waals surface area (Å²) in [5.41, 5.74) is 5.01. The van der Waals surface area contributed by atoms with E-state index in [1.54, 1.807) is 0 Å². The fourth-order valence-corrected chi connectivity index (χ4v) is 4.10. The molecule has 3 aliphatic rings. The maximum Gasteiger partial charge on any atom is 0.163 e. The molecule has 150 valence electrons. The van der Waals surface area contributed by atoms with Crippen LogP contribution in [-0.2, 0) is 18.9 Å². The molecule has 2 unspecified atom stereocenters. The van der Waals surface area contributed by atoms with Crippen LogP contribution in [0.25, 0.3) is 0 Å². The minimum atomic E-state index is -0.583. The lowest BCUT2D eigenvalue weighted by Gasteiger charge is -2.27. The lowest BCUT2D eigenvalue weighted by Crippen LogP contribution is -2.50. The molecular weight excluding hydrogens is 465 g/mol. The van der Waals surface area contributed by atoms with Gasteiger partial charge < -0.3 is 24.1 Å². The van der Waals surface area contributed by atoms with E-state index in [9.17, 15) is 5.11 Å². The zero-order chi connectivity index (χ0) is 19.4. The fraction of sp³-hybridized carbons (Fsp3) is 0.667. The number of nitrogens with one attached hydrogen (secondary N) is 1. The summed E-state index contributed by atoms with van der Waals surface area (Å²) < 4.78 is 24.0. The number of ether oxygens (including phenoxy) is 4. The first-order valence-corrected chi connectivity index (χ1v) is 10.2. The van der Waals surface area contributed by atoms with Gasteiger partial charge in [0.1, 0.15) is 17.9 Å². The molecular formula is C18H26IN3O5. The van der Waals surface area contributed by atoms with Crippen molar-refractivity contribution in [1.82, 2.24) is 5.53 Å². The molecule has 2 N–H and O–H groups in total. The number of aromatic hydroxyl groups is 1. The van der Waals surface area contributed by atoms with Gasteiger partial charge in [0.05, 0.1) is 35.6 Å². The summed E-state index contributed by atoms with van der Waals surface area (Å²) >= 11 is 2.14. The molecule has 2 saturated heterocycles. The summed E-state index contributed by atoms with van der Waals surface area (Å²) in [6.45, 7) is 9.84. The quantitative estimate of drug-likeness (QED) is 0.623. The third-order valence-corrected chi connectivity index (χ3v) is 5.66. The Morgan fingerprint density at radius 3 is 2.11 bits per heavy atom. The van der Waals surface area contributed by atoms with Crippen molar-refractivity contribution in [2.75, 3.05) is 36.3 Å². The molecule has 2 atom stereocenters. The number of hydrogen-bond donors (Lipinski definition) is 2. The summed E-state index contributed by atoms with van der Waals surface area (Å²) in [5.74, 6) is -0.896. The molecule has 2 fully saturated rings. The highest BCUT2D eigenvalue weighted by Gasteiger charge is 2.39. The third kappa shape index (κ3) is 3.99. The number of benzene rings is 1. The molecule has 0 amide bonds. The average molecular weight is 491 g/mol. The van der Waals surface area contributed by atoms with Gasteiger partial charge in [0.25, 0.3) is 0 Å². The van der Waals surface area contributed by atoms with E-state index in [2.05, 4.69) is 28.1 Å². The summed E-state index contributed by atoms with van der Waals surface area (Å²) in [6.07, 6.45) is -0.158. The van der Waals surface area contributed by atoms with Crippen LogP contribution in [0.1, 0.15) is 27.7 Å². The van der Waals surface area contributed by atoms with Gasteiger partial charge in [-0.25, -0.2) is 0 Å². The van der Waals surface area contributed by atoms with Crippen molar-refractivity contribution in [1.29, 1.82) is 0 Å². The summed E-state index contributed by atoms with van der Waals surface area (Å²) in [7, 11) is 0. The molecule has 27 heavy (non-hydrogen) atoms. The second-order valence-electron chi connectivity index (χ2n) is 7.99. The molecule has 3 heterocycles. The van der Waals surface area contributed by atoms with E-state index >= 15 is 0 Å². The van der Waals surface area contributed by atoms with Crippen LogP contribution in [-0.4, -0.2) is 55.2 Å². The van der Waals surface area contributed by atoms with Crippen LogP contribution in [0, 0.1) is 3.57 Å². The monoisotopic (exact) mass is 491 g/mol. The Balaban J connectivity index is 1.53. The van der Waals surface area contributed by atoms with E-state index in [-0.39, 0.29) is 18.0 Å². The molecule has 9 heteroatoms. The van der Waals surface area contributed by atoms with Crippen LogP contribution < -0.4 is 15.6 Å². The van der Waals surface area contributed by atoms with Crippen molar-refractivity contribution >= 4 is 34.0 Å². The SMILES string of the molecule is CC1(C)OCC(CN2NN(CC3COC(C)(C)O3)c3c2ccc(I)c3O)O1. The number of halogens is 1.